The summed E-state index contributed by atoms with van der Waals surface area (Å²) in [5.41, 5.74) is -3.27. The Morgan fingerprint density at radius 3 is 2.09 bits per heavy atom. The van der Waals surface area contributed by atoms with Crippen LogP contribution in [0.3, 0.4) is 0 Å². The highest BCUT2D eigenvalue weighted by Crippen LogP contribution is 2.66. The van der Waals surface area contributed by atoms with Crippen LogP contribution in [0.25, 0.3) is 0 Å². The number of hydrogen-bond acceptors (Lipinski definition) is 3. The van der Waals surface area contributed by atoms with E-state index in [1.54, 1.807) is 0 Å². The van der Waals surface area contributed by atoms with Gasteiger partial charge in [0.25, 0.3) is 0 Å². The number of benzene rings is 1. The topological polar surface area (TPSA) is 36.5 Å². The average molecular weight is 510 g/mol. The van der Waals surface area contributed by atoms with Gasteiger partial charge >= 0.3 is 12.4 Å². The molecule has 0 aromatic heterocycles. The highest BCUT2D eigenvalue weighted by Gasteiger charge is 2.67. The SMILES string of the molecule is CC1(C)C2CCC1(C)[C@H](NC(=S)Nc1cc(C(F)(F)F)cc(C(F)(F)F)c1)[C@@H]2N1CCOCC1. The van der Waals surface area contributed by atoms with Crippen LogP contribution in [0, 0.1) is 16.7 Å². The van der Waals surface area contributed by atoms with E-state index in [0.717, 1.165) is 25.9 Å². The predicted octanol–water partition coefficient (Wildman–Crippen LogP) is 5.54. The van der Waals surface area contributed by atoms with Gasteiger partial charge in [0.05, 0.1) is 24.3 Å². The zero-order valence-electron chi connectivity index (χ0n) is 19.2. The summed E-state index contributed by atoms with van der Waals surface area (Å²) in [7, 11) is 0. The Morgan fingerprint density at radius 2 is 1.56 bits per heavy atom. The van der Waals surface area contributed by atoms with Crippen molar-refractivity contribution in [3.63, 3.8) is 0 Å². The summed E-state index contributed by atoms with van der Waals surface area (Å²) in [6.45, 7) is 9.46. The maximum Gasteiger partial charge on any atom is 0.416 e. The van der Waals surface area contributed by atoms with E-state index < -0.39 is 23.5 Å². The molecule has 4 rings (SSSR count). The van der Waals surface area contributed by atoms with Gasteiger partial charge in [-0.3, -0.25) is 4.90 Å². The number of halogens is 6. The van der Waals surface area contributed by atoms with E-state index in [9.17, 15) is 26.3 Å². The van der Waals surface area contributed by atoms with Crippen LogP contribution in [0.15, 0.2) is 18.2 Å². The summed E-state index contributed by atoms with van der Waals surface area (Å²) < 4.78 is 84.9. The van der Waals surface area contributed by atoms with Crippen LogP contribution in [0.4, 0.5) is 32.0 Å². The summed E-state index contributed by atoms with van der Waals surface area (Å²) >= 11 is 5.41. The van der Waals surface area contributed by atoms with Crippen LogP contribution in [-0.2, 0) is 17.1 Å². The van der Waals surface area contributed by atoms with Crippen LogP contribution in [-0.4, -0.2) is 48.4 Å². The lowest BCUT2D eigenvalue weighted by Gasteiger charge is -2.45. The zero-order valence-corrected chi connectivity index (χ0v) is 20.1. The maximum atomic E-state index is 13.2. The molecule has 2 aliphatic carbocycles. The highest BCUT2D eigenvalue weighted by molar-refractivity contribution is 7.80. The van der Waals surface area contributed by atoms with Gasteiger partial charge in [-0.1, -0.05) is 20.8 Å². The van der Waals surface area contributed by atoms with E-state index in [0.29, 0.717) is 31.3 Å². The lowest BCUT2D eigenvalue weighted by molar-refractivity contribution is -0.143. The van der Waals surface area contributed by atoms with Crippen molar-refractivity contribution in [2.75, 3.05) is 31.6 Å². The first-order valence-corrected chi connectivity index (χ1v) is 11.7. The fourth-order valence-electron chi connectivity index (χ4n) is 6.25. The molecule has 0 amide bonds. The van der Waals surface area contributed by atoms with Gasteiger partial charge in [-0.15, -0.1) is 0 Å². The number of thiocarbonyl (C=S) groups is 1. The van der Waals surface area contributed by atoms with Crippen molar-refractivity contribution >= 4 is 23.0 Å². The molecular weight excluding hydrogens is 480 g/mol. The third kappa shape index (κ3) is 4.39. The van der Waals surface area contributed by atoms with E-state index in [-0.39, 0.29) is 39.8 Å². The number of hydrogen-bond donors (Lipinski definition) is 2. The number of rotatable bonds is 3. The minimum atomic E-state index is -4.92. The number of ether oxygens (including phenoxy) is 1. The van der Waals surface area contributed by atoms with Gasteiger partial charge in [-0.05, 0) is 60.0 Å². The second-order valence-electron chi connectivity index (χ2n) is 10.3. The molecule has 11 heteroatoms. The second kappa shape index (κ2) is 8.51. The zero-order chi connectivity index (χ0) is 25.1. The molecule has 0 spiro atoms. The Hall–Kier alpha value is -1.59. The van der Waals surface area contributed by atoms with Gasteiger partial charge in [-0.25, -0.2) is 0 Å². The molecule has 3 fully saturated rings. The number of nitrogens with zero attached hydrogens (tertiary/aromatic N) is 1. The summed E-state index contributed by atoms with van der Waals surface area (Å²) in [5, 5.41) is 5.91. The average Bonchev–Trinajstić information content (AvgIpc) is 3.05. The van der Waals surface area contributed by atoms with Crippen LogP contribution < -0.4 is 10.6 Å². The lowest BCUT2D eigenvalue weighted by atomic mass is 9.69. The van der Waals surface area contributed by atoms with Crippen molar-refractivity contribution < 1.29 is 31.1 Å². The highest BCUT2D eigenvalue weighted by atomic mass is 32.1. The molecular formula is C23H29F6N3OS. The largest absolute Gasteiger partial charge is 0.416 e. The molecule has 1 aliphatic heterocycles. The van der Waals surface area contributed by atoms with E-state index in [1.165, 1.54) is 0 Å². The Morgan fingerprint density at radius 1 is 1.00 bits per heavy atom. The van der Waals surface area contributed by atoms with E-state index in [2.05, 4.69) is 36.3 Å². The predicted molar refractivity (Wildman–Crippen MR) is 120 cm³/mol. The van der Waals surface area contributed by atoms with Crippen LogP contribution >= 0.6 is 12.2 Å². The minimum Gasteiger partial charge on any atom is -0.379 e. The number of morpholine rings is 1. The molecule has 2 N–H and O–H groups in total. The van der Waals surface area contributed by atoms with Crippen molar-refractivity contribution in [1.29, 1.82) is 0 Å². The first kappa shape index (κ1) is 25.5. The van der Waals surface area contributed by atoms with Gasteiger partial charge in [0.2, 0.25) is 0 Å². The van der Waals surface area contributed by atoms with E-state index in [1.807, 2.05) is 0 Å². The van der Waals surface area contributed by atoms with E-state index in [4.69, 9.17) is 17.0 Å². The van der Waals surface area contributed by atoms with Crippen LogP contribution in [0.1, 0.15) is 44.7 Å². The molecule has 1 aromatic rings. The number of anilines is 1. The van der Waals surface area contributed by atoms with Crippen molar-refractivity contribution in [2.45, 2.75) is 58.0 Å². The van der Waals surface area contributed by atoms with Crippen molar-refractivity contribution in [2.24, 2.45) is 16.7 Å². The molecule has 3 aliphatic rings. The molecule has 34 heavy (non-hydrogen) atoms. The third-order valence-corrected chi connectivity index (χ3v) is 8.63. The molecule has 2 saturated carbocycles. The van der Waals surface area contributed by atoms with Crippen LogP contribution in [0.5, 0.6) is 0 Å². The molecule has 0 radical (unpaired) electrons. The molecule has 1 saturated heterocycles. The van der Waals surface area contributed by atoms with Crippen molar-refractivity contribution in [3.05, 3.63) is 29.3 Å². The summed E-state index contributed by atoms with van der Waals surface area (Å²) in [6, 6.07) is 1.44. The third-order valence-electron chi connectivity index (χ3n) is 8.41. The Balaban J connectivity index is 1.59. The first-order valence-electron chi connectivity index (χ1n) is 11.3. The van der Waals surface area contributed by atoms with Crippen LogP contribution in [0.2, 0.25) is 0 Å². The van der Waals surface area contributed by atoms with Gasteiger partial charge in [0, 0.05) is 30.9 Å². The molecule has 190 valence electrons. The Kier molecular flexibility index (Phi) is 6.39. The van der Waals surface area contributed by atoms with Gasteiger partial charge < -0.3 is 15.4 Å². The van der Waals surface area contributed by atoms with E-state index >= 15 is 0 Å². The minimum absolute atomic E-state index is 0.0110. The monoisotopic (exact) mass is 509 g/mol. The van der Waals surface area contributed by atoms with Gasteiger partial charge in [0.1, 0.15) is 0 Å². The van der Waals surface area contributed by atoms with Crippen molar-refractivity contribution in [1.82, 2.24) is 10.2 Å². The standard InChI is InChI=1S/C23H29F6N3OS/c1-20(2)16-4-5-21(20,3)18(17(16)32-6-8-33-9-7-32)31-19(34)30-15-11-13(22(24,25)26)10-14(12-15)23(27,28)29/h10-12,16-18H,4-9H2,1-3H3,(H2,30,31,34)/t16?,17-,18-,21?/m1/s1. The lowest BCUT2D eigenvalue weighted by Crippen LogP contribution is -2.60. The molecule has 2 bridgehead atoms. The number of alkyl halides is 6. The second-order valence-corrected chi connectivity index (χ2v) is 10.7. The van der Waals surface area contributed by atoms with Gasteiger partial charge in [-0.2, -0.15) is 26.3 Å². The summed E-state index contributed by atoms with van der Waals surface area (Å²) in [4.78, 5) is 2.38. The fourth-order valence-corrected chi connectivity index (χ4v) is 6.49. The normalized spacial score (nSPS) is 31.5. The summed E-state index contributed by atoms with van der Waals surface area (Å²) in [5.74, 6) is 0.390. The number of fused-ring (bicyclic) bond motifs is 2. The molecule has 1 heterocycles. The summed E-state index contributed by atoms with van der Waals surface area (Å²) in [6.07, 6.45) is -7.81. The maximum absolute atomic E-state index is 13.2. The Labute approximate surface area is 200 Å². The van der Waals surface area contributed by atoms with Gasteiger partial charge in [0.15, 0.2) is 5.11 Å². The fraction of sp³-hybridized carbons (Fsp3) is 0.696. The quantitative estimate of drug-likeness (QED) is 0.414. The molecule has 4 atom stereocenters. The molecule has 4 nitrogen and oxygen atoms in total. The van der Waals surface area contributed by atoms with Crippen molar-refractivity contribution in [3.8, 4) is 0 Å². The first-order chi connectivity index (χ1) is 15.6. The Bertz CT molecular complexity index is 911. The molecule has 2 unspecified atom stereocenters. The number of nitrogens with one attached hydrogen (secondary N) is 2. The molecule has 1 aromatic carbocycles. The smallest absolute Gasteiger partial charge is 0.379 e.